The van der Waals surface area contributed by atoms with Crippen molar-refractivity contribution in [3.05, 3.63) is 0 Å². The van der Waals surface area contributed by atoms with Gasteiger partial charge >= 0.3 is 18.0 Å². The van der Waals surface area contributed by atoms with Gasteiger partial charge in [-0.3, -0.25) is 0 Å². The third-order valence-electron chi connectivity index (χ3n) is 0. The molecule has 0 saturated heterocycles. The van der Waals surface area contributed by atoms with E-state index in [0.717, 1.165) is 0 Å². The monoisotopic (exact) mass is 171 g/mol. The van der Waals surface area contributed by atoms with Crippen molar-refractivity contribution in [1.29, 1.82) is 0 Å². The minimum atomic E-state index is 0. The first-order chi connectivity index (χ1) is 0. The summed E-state index contributed by atoms with van der Waals surface area (Å²) >= 11 is 0. The molecule has 0 heterocycles. The van der Waals surface area contributed by atoms with Gasteiger partial charge in [-0.05, 0) is 0 Å². The molecular weight excluding hydrogens is 168 g/mol. The first-order valence-electron chi connectivity index (χ1n) is 0. The second-order valence-electron chi connectivity index (χ2n) is 0. The molecule has 0 spiro atoms. The molecular formula is H3AsP3. The summed E-state index contributed by atoms with van der Waals surface area (Å²) in [7, 11) is 0. The molecule has 0 aromatic rings. The third kappa shape index (κ3) is 9.14. The fourth-order valence-corrected chi connectivity index (χ4v) is 0. The Hall–Kier alpha value is 1.85. The van der Waals surface area contributed by atoms with Gasteiger partial charge in [0.1, 0.15) is 0 Å². The van der Waals surface area contributed by atoms with Gasteiger partial charge in [0.25, 0.3) is 0 Å². The molecule has 4 heteroatoms. The minimum Gasteiger partial charge on any atom is 0 e. The quantitative estimate of drug-likeness (QED) is 0.381. The standard InChI is InChI=1S/AsH3.3P/h1H3;;;. The van der Waals surface area contributed by atoms with Crippen molar-refractivity contribution >= 4 is 47.7 Å². The molecule has 9 radical (unpaired) electrons. The van der Waals surface area contributed by atoms with Crippen LogP contribution >= 0.6 is 29.7 Å². The van der Waals surface area contributed by atoms with Crippen molar-refractivity contribution in [2.75, 3.05) is 0 Å². The second-order valence-corrected chi connectivity index (χ2v) is 0. The van der Waals surface area contributed by atoms with Gasteiger partial charge < -0.3 is 0 Å². The van der Waals surface area contributed by atoms with Gasteiger partial charge in [0.05, 0.1) is 0 Å². The fourth-order valence-electron chi connectivity index (χ4n) is 0. The van der Waals surface area contributed by atoms with Crippen molar-refractivity contribution in [2.24, 2.45) is 0 Å². The summed E-state index contributed by atoms with van der Waals surface area (Å²) in [6.45, 7) is 0. The first-order valence-corrected chi connectivity index (χ1v) is 0. The van der Waals surface area contributed by atoms with Gasteiger partial charge in [0, 0.05) is 29.7 Å². The van der Waals surface area contributed by atoms with Crippen LogP contribution in [0.25, 0.3) is 0 Å². The Balaban J connectivity index is 0. The predicted octanol–water partition coefficient (Wildman–Crippen LogP) is 1.40. The average molecular weight is 171 g/mol. The summed E-state index contributed by atoms with van der Waals surface area (Å²) in [5, 5.41) is 0. The molecule has 0 N–H and O–H groups in total. The maximum absolute atomic E-state index is 0. The molecule has 1 unspecified atom stereocenters. The second kappa shape index (κ2) is 21.0. The van der Waals surface area contributed by atoms with E-state index in [0.29, 0.717) is 0 Å². The molecule has 0 aromatic carbocycles. The van der Waals surface area contributed by atoms with Gasteiger partial charge in [-0.25, -0.2) is 0 Å². The average Bonchev–Trinajstić information content (AvgIpc) is 0. The molecule has 23 valence electrons. The maximum Gasteiger partial charge on any atom is 0 e. The van der Waals surface area contributed by atoms with E-state index < -0.39 is 0 Å². The Labute approximate surface area is 48.1 Å². The SMILES string of the molecule is [AsH3].[P].[P].[P]. The van der Waals surface area contributed by atoms with Crippen molar-refractivity contribution in [3.63, 3.8) is 0 Å². The van der Waals surface area contributed by atoms with Crippen LogP contribution in [0.1, 0.15) is 0 Å². The minimum absolute atomic E-state index is 0. The fraction of sp³-hybridized carbons (Fsp3) is 0. The van der Waals surface area contributed by atoms with E-state index in [1.54, 1.807) is 0 Å². The summed E-state index contributed by atoms with van der Waals surface area (Å²) in [6.07, 6.45) is 0. The van der Waals surface area contributed by atoms with Gasteiger partial charge in [0.15, 0.2) is 0 Å². The first kappa shape index (κ1) is 40.2. The smallest absolute Gasteiger partial charge is 0 e. The summed E-state index contributed by atoms with van der Waals surface area (Å²) in [4.78, 5) is 0. The van der Waals surface area contributed by atoms with E-state index in [4.69, 9.17) is 0 Å². The van der Waals surface area contributed by atoms with E-state index in [9.17, 15) is 0 Å². The van der Waals surface area contributed by atoms with Crippen LogP contribution in [0.2, 0.25) is 0 Å². The van der Waals surface area contributed by atoms with Gasteiger partial charge in [0.2, 0.25) is 0 Å². The molecule has 0 fully saturated rings. The van der Waals surface area contributed by atoms with Crippen LogP contribution in [0.3, 0.4) is 0 Å². The molecule has 0 saturated carbocycles. The summed E-state index contributed by atoms with van der Waals surface area (Å²) in [6, 6.07) is 0. The van der Waals surface area contributed by atoms with Crippen LogP contribution < -0.4 is 0 Å². The van der Waals surface area contributed by atoms with E-state index in [2.05, 4.69) is 0 Å². The largest absolute Gasteiger partial charge is 0 e. The molecule has 0 rings (SSSR count). The zero-order valence-electron chi connectivity index (χ0n) is 2.05. The van der Waals surface area contributed by atoms with E-state index in [1.165, 1.54) is 0 Å². The Morgan fingerprint density at radius 1 is 0.500 bits per heavy atom. The van der Waals surface area contributed by atoms with Crippen molar-refractivity contribution in [2.45, 2.75) is 0 Å². The Kier molecular flexibility index (Phi) is 211. The molecule has 0 aromatic heterocycles. The topological polar surface area (TPSA) is 0 Å². The molecule has 0 aliphatic carbocycles. The summed E-state index contributed by atoms with van der Waals surface area (Å²) in [5.41, 5.74) is 0. The summed E-state index contributed by atoms with van der Waals surface area (Å²) in [5.74, 6) is 0. The zero-order chi connectivity index (χ0) is 0. The molecule has 1 atom stereocenters. The van der Waals surface area contributed by atoms with E-state index >= 15 is 0 Å². The van der Waals surface area contributed by atoms with Gasteiger partial charge in [-0.1, -0.05) is 0 Å². The van der Waals surface area contributed by atoms with Crippen LogP contribution in [0.15, 0.2) is 0 Å². The normalized spacial score (nSPS) is 0. The summed E-state index contributed by atoms with van der Waals surface area (Å²) < 4.78 is 0. The predicted molar refractivity (Wildman–Crippen MR) is 30.7 cm³/mol. The van der Waals surface area contributed by atoms with Crippen molar-refractivity contribution in [1.82, 2.24) is 0 Å². The van der Waals surface area contributed by atoms with Crippen molar-refractivity contribution in [3.8, 4) is 0 Å². The van der Waals surface area contributed by atoms with Crippen LogP contribution in [0.5, 0.6) is 0 Å². The van der Waals surface area contributed by atoms with Crippen LogP contribution in [-0.2, 0) is 0 Å². The number of hydrogen-bond acceptors (Lipinski definition) is 0. The van der Waals surface area contributed by atoms with Gasteiger partial charge in [-0.2, -0.15) is 0 Å². The molecule has 0 amide bonds. The maximum atomic E-state index is 0. The molecule has 0 nitrogen and oxygen atoms in total. The van der Waals surface area contributed by atoms with Crippen LogP contribution in [0, 0.1) is 0 Å². The molecule has 0 aliphatic heterocycles. The molecule has 4 heavy (non-hydrogen) atoms. The zero-order valence-corrected chi connectivity index (χ0v) is 7.70. The third-order valence-corrected chi connectivity index (χ3v) is 0. The number of hydrogen-bond donors (Lipinski definition) is 0. The Morgan fingerprint density at radius 2 is 0.500 bits per heavy atom. The molecule has 0 bridgehead atoms. The number of rotatable bonds is 0. The Morgan fingerprint density at radius 3 is 0.500 bits per heavy atom. The van der Waals surface area contributed by atoms with E-state index in [-0.39, 0.29) is 47.7 Å². The van der Waals surface area contributed by atoms with Crippen LogP contribution in [-0.4, -0.2) is 18.0 Å². The van der Waals surface area contributed by atoms with Crippen LogP contribution in [0.4, 0.5) is 0 Å². The van der Waals surface area contributed by atoms with E-state index in [1.807, 2.05) is 0 Å². The Bertz CT molecular complexity index is 3.25. The van der Waals surface area contributed by atoms with Crippen molar-refractivity contribution < 1.29 is 0 Å². The molecule has 0 aliphatic rings. The van der Waals surface area contributed by atoms with Gasteiger partial charge in [-0.15, -0.1) is 0 Å².